The number of benzene rings is 2. The minimum atomic E-state index is -4.41. The Labute approximate surface area is 237 Å². The molecule has 0 saturated heterocycles. The average molecular weight is 584 g/mol. The zero-order chi connectivity index (χ0) is 29.0. The summed E-state index contributed by atoms with van der Waals surface area (Å²) in [6.07, 6.45) is 3.81. The van der Waals surface area contributed by atoms with Gasteiger partial charge >= 0.3 is 11.2 Å². The lowest BCUT2D eigenvalue weighted by molar-refractivity contribution is -0.0328. The third kappa shape index (κ3) is 7.60. The second kappa shape index (κ2) is 12.2. The van der Waals surface area contributed by atoms with Gasteiger partial charge in [0.2, 0.25) is 0 Å². The molecule has 0 spiro atoms. The molecule has 0 aliphatic heterocycles. The monoisotopic (exact) mass is 583 g/mol. The molecule has 0 aliphatic rings. The van der Waals surface area contributed by atoms with Gasteiger partial charge in [0.15, 0.2) is 5.82 Å². The van der Waals surface area contributed by atoms with E-state index in [1.165, 1.54) is 10.6 Å². The Balaban J connectivity index is 1.38. The molecule has 0 saturated carbocycles. The van der Waals surface area contributed by atoms with Gasteiger partial charge in [0, 0.05) is 34.8 Å². The third-order valence-corrected chi connectivity index (χ3v) is 7.06. The number of thioether (sulfide) groups is 1. The second-order valence-electron chi connectivity index (χ2n) is 9.76. The Morgan fingerprint density at radius 2 is 1.90 bits per heavy atom. The van der Waals surface area contributed by atoms with Crippen molar-refractivity contribution in [2.75, 3.05) is 0 Å². The van der Waals surface area contributed by atoms with Crippen LogP contribution in [-0.4, -0.2) is 46.7 Å². The van der Waals surface area contributed by atoms with E-state index in [1.54, 1.807) is 18.3 Å². The van der Waals surface area contributed by atoms with Crippen molar-refractivity contribution in [3.8, 4) is 16.9 Å². The van der Waals surface area contributed by atoms with Gasteiger partial charge in [0.25, 0.3) is 0 Å². The fourth-order valence-corrected chi connectivity index (χ4v) is 5.13. The number of alkyl halides is 3. The van der Waals surface area contributed by atoms with E-state index in [1.807, 2.05) is 37.3 Å². The molecule has 214 valence electrons. The lowest BCUT2D eigenvalue weighted by atomic mass is 10.0. The number of halogens is 3. The zero-order valence-electron chi connectivity index (χ0n) is 22.1. The number of nitrogens with two attached hydrogens (primary N) is 1. The summed E-state index contributed by atoms with van der Waals surface area (Å²) in [5.74, 6) is 0.557. The molecular formula is C27H28F3N9OS. The van der Waals surface area contributed by atoms with Crippen LogP contribution in [0.1, 0.15) is 36.7 Å². The maximum Gasteiger partial charge on any atom is 0.446 e. The number of tetrazole rings is 1. The Bertz CT molecular complexity index is 1660. The van der Waals surface area contributed by atoms with Crippen LogP contribution in [0.4, 0.5) is 13.2 Å². The van der Waals surface area contributed by atoms with Crippen LogP contribution >= 0.6 is 11.8 Å². The van der Waals surface area contributed by atoms with Crippen molar-refractivity contribution < 1.29 is 13.2 Å². The van der Waals surface area contributed by atoms with Gasteiger partial charge in [0.1, 0.15) is 5.65 Å². The fraction of sp³-hybridized carbons (Fsp3) is 0.296. The highest BCUT2D eigenvalue weighted by Crippen LogP contribution is 2.39. The van der Waals surface area contributed by atoms with Gasteiger partial charge in [-0.15, -0.1) is 10.2 Å². The van der Waals surface area contributed by atoms with Crippen molar-refractivity contribution in [1.82, 2.24) is 40.5 Å². The molecule has 5 rings (SSSR count). The van der Waals surface area contributed by atoms with Gasteiger partial charge in [-0.05, 0) is 91.0 Å². The highest BCUT2D eigenvalue weighted by molar-refractivity contribution is 8.00. The average Bonchev–Trinajstić information content (AvgIpc) is 3.57. The number of H-pyrrole nitrogens is 2. The lowest BCUT2D eigenvalue weighted by Crippen LogP contribution is -2.20. The molecule has 0 amide bonds. The number of nitrogens with one attached hydrogen (secondary N) is 3. The molecule has 0 bridgehead atoms. The van der Waals surface area contributed by atoms with E-state index in [9.17, 15) is 18.0 Å². The summed E-state index contributed by atoms with van der Waals surface area (Å²) in [6, 6.07) is 14.2. The SMILES string of the molecule is C[C@H](N)CCCc1cc(SC(F)(F)F)cc(-c2cc3cn(-c4ccc(CNCc5nn[nH]n5)cc4)c(=O)nc3[nH]2)c1. The third-order valence-electron chi connectivity index (χ3n) is 6.36. The molecule has 2 aromatic carbocycles. The van der Waals surface area contributed by atoms with Crippen molar-refractivity contribution in [2.24, 2.45) is 5.73 Å². The van der Waals surface area contributed by atoms with Crippen molar-refractivity contribution in [2.45, 2.75) is 55.7 Å². The Kier molecular flexibility index (Phi) is 8.52. The normalized spacial score (nSPS) is 12.7. The first kappa shape index (κ1) is 28.5. The fourth-order valence-electron chi connectivity index (χ4n) is 4.47. The maximum atomic E-state index is 13.2. The summed E-state index contributed by atoms with van der Waals surface area (Å²) in [4.78, 5) is 20.3. The van der Waals surface area contributed by atoms with E-state index in [2.05, 4.69) is 35.9 Å². The molecule has 10 nitrogen and oxygen atoms in total. The number of fused-ring (bicyclic) bond motifs is 1. The highest BCUT2D eigenvalue weighted by atomic mass is 32.2. The van der Waals surface area contributed by atoms with E-state index in [4.69, 9.17) is 5.73 Å². The summed E-state index contributed by atoms with van der Waals surface area (Å²) in [5, 5.41) is 17.6. The standard InChI is InChI=1S/C27H28F3N9OS/c1-16(31)3-2-4-18-9-19(11-22(10-18)41-27(28,29)30)23-12-20-15-39(26(40)34-25(20)33-23)21-7-5-17(6-8-21)13-32-14-24-35-37-38-36-24/h5-12,15-16,32H,2-4,13-14,31H2,1H3,(H,33,34,40)(H,35,36,37,38)/t16-/m0/s1. The van der Waals surface area contributed by atoms with Crippen molar-refractivity contribution >= 4 is 22.8 Å². The Hall–Kier alpha value is -4.01. The lowest BCUT2D eigenvalue weighted by Gasteiger charge is -2.11. The van der Waals surface area contributed by atoms with Crippen molar-refractivity contribution in [1.29, 1.82) is 0 Å². The molecule has 0 unspecified atom stereocenters. The molecule has 3 heterocycles. The Morgan fingerprint density at radius 3 is 2.61 bits per heavy atom. The largest absolute Gasteiger partial charge is 0.446 e. The summed E-state index contributed by atoms with van der Waals surface area (Å²) >= 11 is -0.145. The van der Waals surface area contributed by atoms with Gasteiger partial charge in [-0.1, -0.05) is 17.3 Å². The van der Waals surface area contributed by atoms with Crippen LogP contribution in [0.25, 0.3) is 28.0 Å². The second-order valence-corrected chi connectivity index (χ2v) is 10.9. The molecular weight excluding hydrogens is 555 g/mol. The van der Waals surface area contributed by atoms with Crippen LogP contribution in [0.15, 0.2) is 64.4 Å². The van der Waals surface area contributed by atoms with E-state index >= 15 is 0 Å². The van der Waals surface area contributed by atoms with Crippen LogP contribution in [0.5, 0.6) is 0 Å². The summed E-state index contributed by atoms with van der Waals surface area (Å²) in [7, 11) is 0. The number of hydrogen-bond acceptors (Lipinski definition) is 8. The first-order chi connectivity index (χ1) is 19.6. The van der Waals surface area contributed by atoms with E-state index in [0.29, 0.717) is 53.3 Å². The minimum absolute atomic E-state index is 0.0191. The van der Waals surface area contributed by atoms with E-state index < -0.39 is 11.2 Å². The van der Waals surface area contributed by atoms with E-state index in [-0.39, 0.29) is 22.7 Å². The number of nitrogens with zero attached hydrogens (tertiary/aromatic N) is 5. The molecule has 0 fully saturated rings. The van der Waals surface area contributed by atoms with Gasteiger partial charge in [-0.25, -0.2) is 4.79 Å². The first-order valence-corrected chi connectivity index (χ1v) is 13.7. The maximum absolute atomic E-state index is 13.2. The van der Waals surface area contributed by atoms with Crippen LogP contribution in [0, 0.1) is 0 Å². The van der Waals surface area contributed by atoms with Crippen LogP contribution in [-0.2, 0) is 19.5 Å². The quantitative estimate of drug-likeness (QED) is 0.167. The summed E-state index contributed by atoms with van der Waals surface area (Å²) in [6.45, 7) is 2.93. The number of rotatable bonds is 11. The predicted molar refractivity (Wildman–Crippen MR) is 150 cm³/mol. The minimum Gasteiger partial charge on any atom is -0.339 e. The van der Waals surface area contributed by atoms with E-state index in [0.717, 1.165) is 24.0 Å². The molecule has 3 aromatic heterocycles. The molecule has 0 radical (unpaired) electrons. The number of hydrogen-bond donors (Lipinski definition) is 4. The molecule has 0 aliphatic carbocycles. The molecule has 41 heavy (non-hydrogen) atoms. The van der Waals surface area contributed by atoms with Crippen LogP contribution in [0.3, 0.4) is 0 Å². The van der Waals surface area contributed by atoms with Gasteiger partial charge < -0.3 is 16.0 Å². The predicted octanol–water partition coefficient (Wildman–Crippen LogP) is 4.47. The van der Waals surface area contributed by atoms with Gasteiger partial charge in [-0.3, -0.25) is 4.57 Å². The number of aromatic nitrogens is 7. The van der Waals surface area contributed by atoms with Crippen LogP contribution < -0.4 is 16.7 Å². The highest BCUT2D eigenvalue weighted by Gasteiger charge is 2.29. The number of aryl methyl sites for hydroxylation is 1. The summed E-state index contributed by atoms with van der Waals surface area (Å²) in [5.41, 5.74) is 4.89. The summed E-state index contributed by atoms with van der Waals surface area (Å²) < 4.78 is 41.1. The van der Waals surface area contributed by atoms with Crippen molar-refractivity contribution in [3.05, 3.63) is 82.2 Å². The van der Waals surface area contributed by atoms with Gasteiger partial charge in [-0.2, -0.15) is 23.4 Å². The van der Waals surface area contributed by atoms with Crippen LogP contribution in [0.2, 0.25) is 0 Å². The molecule has 5 N–H and O–H groups in total. The first-order valence-electron chi connectivity index (χ1n) is 12.9. The zero-order valence-corrected chi connectivity index (χ0v) is 22.9. The molecule has 5 aromatic rings. The Morgan fingerprint density at radius 1 is 1.10 bits per heavy atom. The number of aromatic amines is 2. The topological polar surface area (TPSA) is 143 Å². The molecule has 1 atom stereocenters. The van der Waals surface area contributed by atoms with Gasteiger partial charge in [0.05, 0.1) is 12.2 Å². The molecule has 14 heteroatoms. The van der Waals surface area contributed by atoms with Crippen molar-refractivity contribution in [3.63, 3.8) is 0 Å². The smallest absolute Gasteiger partial charge is 0.339 e.